The Kier molecular flexibility index (Phi) is 4.35. The Morgan fingerprint density at radius 2 is 2.29 bits per heavy atom. The van der Waals surface area contributed by atoms with Crippen LogP contribution in [0.2, 0.25) is 0 Å². The summed E-state index contributed by atoms with van der Waals surface area (Å²) in [6.45, 7) is 2.99. The summed E-state index contributed by atoms with van der Waals surface area (Å²) < 4.78 is 0. The van der Waals surface area contributed by atoms with Crippen LogP contribution in [0.15, 0.2) is 0 Å². The highest BCUT2D eigenvalue weighted by atomic mass is 16.2. The summed E-state index contributed by atoms with van der Waals surface area (Å²) in [4.78, 5) is 15.8. The molecular formula is C10H21N3O. The van der Waals surface area contributed by atoms with Gasteiger partial charge in [0.15, 0.2) is 0 Å². The molecule has 0 aliphatic carbocycles. The quantitative estimate of drug-likeness (QED) is 0.678. The molecule has 1 unspecified atom stereocenters. The second kappa shape index (κ2) is 5.32. The van der Waals surface area contributed by atoms with E-state index in [0.29, 0.717) is 0 Å². The molecule has 1 fully saturated rings. The van der Waals surface area contributed by atoms with Crippen molar-refractivity contribution in [2.45, 2.75) is 18.9 Å². The van der Waals surface area contributed by atoms with E-state index in [9.17, 15) is 4.79 Å². The summed E-state index contributed by atoms with van der Waals surface area (Å²) in [5.41, 5.74) is 0. The Balaban J connectivity index is 2.46. The average Bonchev–Trinajstić information content (AvgIpc) is 2.61. The molecule has 0 radical (unpaired) electrons. The molecule has 0 saturated carbocycles. The lowest BCUT2D eigenvalue weighted by atomic mass is 10.2. The fourth-order valence-electron chi connectivity index (χ4n) is 1.93. The Hall–Kier alpha value is -0.610. The second-order valence-electron chi connectivity index (χ2n) is 4.03. The van der Waals surface area contributed by atoms with Crippen LogP contribution in [0.1, 0.15) is 12.8 Å². The van der Waals surface area contributed by atoms with Gasteiger partial charge in [-0.3, -0.25) is 9.69 Å². The molecule has 1 saturated heterocycles. The maximum atomic E-state index is 11.8. The first-order valence-corrected chi connectivity index (χ1v) is 5.26. The zero-order valence-corrected chi connectivity index (χ0v) is 9.42. The van der Waals surface area contributed by atoms with Gasteiger partial charge in [0.1, 0.15) is 0 Å². The molecule has 1 aliphatic heterocycles. The minimum Gasteiger partial charge on any atom is -0.347 e. The molecule has 0 spiro atoms. The zero-order valence-electron chi connectivity index (χ0n) is 9.42. The van der Waals surface area contributed by atoms with Crippen molar-refractivity contribution in [1.82, 2.24) is 15.1 Å². The summed E-state index contributed by atoms with van der Waals surface area (Å²) >= 11 is 0. The number of hydrogen-bond donors (Lipinski definition) is 1. The van der Waals surface area contributed by atoms with E-state index in [4.69, 9.17) is 0 Å². The maximum Gasteiger partial charge on any atom is 0.239 e. The standard InChI is InChI=1S/C10H21N3O/c1-11-6-8-13-7-4-5-9(13)10(14)12(2)3/h9,11H,4-8H2,1-3H3. The lowest BCUT2D eigenvalue weighted by Gasteiger charge is -2.25. The molecule has 1 rings (SSSR count). The van der Waals surface area contributed by atoms with Crippen molar-refractivity contribution in [1.29, 1.82) is 0 Å². The third kappa shape index (κ3) is 2.69. The van der Waals surface area contributed by atoms with Gasteiger partial charge in [0, 0.05) is 27.2 Å². The molecule has 1 amide bonds. The molecule has 1 heterocycles. The summed E-state index contributed by atoms with van der Waals surface area (Å²) in [6, 6.07) is 0.123. The summed E-state index contributed by atoms with van der Waals surface area (Å²) in [5.74, 6) is 0.249. The van der Waals surface area contributed by atoms with Gasteiger partial charge in [-0.15, -0.1) is 0 Å². The molecule has 82 valence electrons. The van der Waals surface area contributed by atoms with Crippen molar-refractivity contribution in [2.75, 3.05) is 40.8 Å². The topological polar surface area (TPSA) is 35.6 Å². The number of likely N-dealkylation sites (N-methyl/N-ethyl adjacent to an activating group) is 2. The van der Waals surface area contributed by atoms with Crippen molar-refractivity contribution in [3.05, 3.63) is 0 Å². The molecule has 0 aromatic rings. The predicted molar refractivity (Wildman–Crippen MR) is 57.2 cm³/mol. The van der Waals surface area contributed by atoms with E-state index in [1.54, 1.807) is 4.90 Å². The van der Waals surface area contributed by atoms with Gasteiger partial charge >= 0.3 is 0 Å². The Bertz CT molecular complexity index is 194. The molecule has 14 heavy (non-hydrogen) atoms. The van der Waals surface area contributed by atoms with Crippen LogP contribution in [-0.4, -0.2) is 62.5 Å². The van der Waals surface area contributed by atoms with Gasteiger partial charge in [-0.05, 0) is 26.4 Å². The SMILES string of the molecule is CNCCN1CCCC1C(=O)N(C)C. The van der Waals surface area contributed by atoms with Gasteiger partial charge < -0.3 is 10.2 Å². The highest BCUT2D eigenvalue weighted by Gasteiger charge is 2.30. The molecule has 4 heteroatoms. The molecule has 0 aromatic heterocycles. The number of nitrogens with zero attached hydrogens (tertiary/aromatic N) is 2. The zero-order chi connectivity index (χ0) is 10.6. The number of nitrogens with one attached hydrogen (secondary N) is 1. The fourth-order valence-corrected chi connectivity index (χ4v) is 1.93. The lowest BCUT2D eigenvalue weighted by molar-refractivity contribution is -0.133. The monoisotopic (exact) mass is 199 g/mol. The Morgan fingerprint density at radius 3 is 2.86 bits per heavy atom. The van der Waals surface area contributed by atoms with Gasteiger partial charge in [-0.2, -0.15) is 0 Å². The van der Waals surface area contributed by atoms with E-state index in [1.807, 2.05) is 21.1 Å². The van der Waals surface area contributed by atoms with E-state index in [1.165, 1.54) is 0 Å². The second-order valence-corrected chi connectivity index (χ2v) is 4.03. The number of hydrogen-bond acceptors (Lipinski definition) is 3. The molecular weight excluding hydrogens is 178 g/mol. The third-order valence-corrected chi connectivity index (χ3v) is 2.74. The minimum absolute atomic E-state index is 0.123. The molecule has 4 nitrogen and oxygen atoms in total. The van der Waals surface area contributed by atoms with Crippen LogP contribution < -0.4 is 5.32 Å². The van der Waals surface area contributed by atoms with Crippen molar-refractivity contribution in [2.24, 2.45) is 0 Å². The van der Waals surface area contributed by atoms with Gasteiger partial charge in [-0.25, -0.2) is 0 Å². The van der Waals surface area contributed by atoms with E-state index < -0.39 is 0 Å². The van der Waals surface area contributed by atoms with E-state index >= 15 is 0 Å². The van der Waals surface area contributed by atoms with Crippen LogP contribution in [-0.2, 0) is 4.79 Å². The van der Waals surface area contributed by atoms with E-state index in [0.717, 1.165) is 32.5 Å². The number of carbonyl (C=O) groups is 1. The Morgan fingerprint density at radius 1 is 1.57 bits per heavy atom. The van der Waals surface area contributed by atoms with Crippen LogP contribution in [0.25, 0.3) is 0 Å². The third-order valence-electron chi connectivity index (χ3n) is 2.74. The smallest absolute Gasteiger partial charge is 0.239 e. The van der Waals surface area contributed by atoms with Gasteiger partial charge in [0.2, 0.25) is 5.91 Å². The largest absolute Gasteiger partial charge is 0.347 e. The summed E-state index contributed by atoms with van der Waals surface area (Å²) in [7, 11) is 5.60. The molecule has 0 aromatic carbocycles. The highest BCUT2D eigenvalue weighted by Crippen LogP contribution is 2.17. The fraction of sp³-hybridized carbons (Fsp3) is 0.900. The first-order valence-electron chi connectivity index (χ1n) is 5.26. The van der Waals surface area contributed by atoms with Gasteiger partial charge in [-0.1, -0.05) is 0 Å². The number of amides is 1. The normalized spacial score (nSPS) is 22.6. The Labute approximate surface area is 86.2 Å². The first kappa shape index (κ1) is 11.5. The van der Waals surface area contributed by atoms with Gasteiger partial charge in [0.05, 0.1) is 6.04 Å². The van der Waals surface area contributed by atoms with Crippen LogP contribution >= 0.6 is 0 Å². The average molecular weight is 199 g/mol. The predicted octanol–water partition coefficient (Wildman–Crippen LogP) is -0.242. The van der Waals surface area contributed by atoms with Gasteiger partial charge in [0.25, 0.3) is 0 Å². The molecule has 1 N–H and O–H groups in total. The van der Waals surface area contributed by atoms with Crippen LogP contribution in [0.5, 0.6) is 0 Å². The van der Waals surface area contributed by atoms with Crippen molar-refractivity contribution < 1.29 is 4.79 Å². The van der Waals surface area contributed by atoms with E-state index in [-0.39, 0.29) is 11.9 Å². The highest BCUT2D eigenvalue weighted by molar-refractivity contribution is 5.81. The molecule has 1 aliphatic rings. The first-order chi connectivity index (χ1) is 6.66. The van der Waals surface area contributed by atoms with Crippen LogP contribution in [0.4, 0.5) is 0 Å². The molecule has 0 bridgehead atoms. The summed E-state index contributed by atoms with van der Waals surface area (Å²) in [5, 5.41) is 3.12. The summed E-state index contributed by atoms with van der Waals surface area (Å²) in [6.07, 6.45) is 2.16. The van der Waals surface area contributed by atoms with Crippen molar-refractivity contribution in [3.63, 3.8) is 0 Å². The lowest BCUT2D eigenvalue weighted by Crippen LogP contribution is -2.44. The number of rotatable bonds is 4. The maximum absolute atomic E-state index is 11.8. The van der Waals surface area contributed by atoms with Crippen LogP contribution in [0, 0.1) is 0 Å². The minimum atomic E-state index is 0.123. The van der Waals surface area contributed by atoms with Crippen molar-refractivity contribution in [3.8, 4) is 0 Å². The van der Waals surface area contributed by atoms with E-state index in [2.05, 4.69) is 10.2 Å². The molecule has 1 atom stereocenters. The number of carbonyl (C=O) groups excluding carboxylic acids is 1. The van der Waals surface area contributed by atoms with Crippen molar-refractivity contribution >= 4 is 5.91 Å². The van der Waals surface area contributed by atoms with Crippen LogP contribution in [0.3, 0.4) is 0 Å². The number of likely N-dealkylation sites (tertiary alicyclic amines) is 1.